The lowest BCUT2D eigenvalue weighted by molar-refractivity contribution is 0.446. The van der Waals surface area contributed by atoms with Gasteiger partial charge in [0.25, 0.3) is 0 Å². The Bertz CT molecular complexity index is 660. The van der Waals surface area contributed by atoms with Gasteiger partial charge in [-0.1, -0.05) is 6.08 Å². The number of fused-ring (bicyclic) bond motifs is 2. The van der Waals surface area contributed by atoms with E-state index in [1.807, 2.05) is 18.2 Å². The van der Waals surface area contributed by atoms with Crippen molar-refractivity contribution in [3.05, 3.63) is 41.7 Å². The number of aliphatic imine (C=N–C) groups is 1. The molecule has 4 nitrogen and oxygen atoms in total. The number of nitrogens with two attached hydrogens (primary N) is 1. The number of nitrogens with zero attached hydrogens (tertiary/aromatic N) is 2. The second-order valence-corrected chi connectivity index (χ2v) is 5.35. The van der Waals surface area contributed by atoms with Gasteiger partial charge in [0.2, 0.25) is 0 Å². The van der Waals surface area contributed by atoms with E-state index in [9.17, 15) is 0 Å². The first-order valence-electron chi connectivity index (χ1n) is 7.44. The van der Waals surface area contributed by atoms with Crippen molar-refractivity contribution in [3.63, 3.8) is 0 Å². The number of halogens is 1. The minimum Gasteiger partial charge on any atom is -0.453 e. The van der Waals surface area contributed by atoms with Crippen molar-refractivity contribution < 1.29 is 4.74 Å². The Morgan fingerprint density at radius 1 is 1.27 bits per heavy atom. The van der Waals surface area contributed by atoms with E-state index >= 15 is 0 Å². The first-order valence-corrected chi connectivity index (χ1v) is 7.44. The molecule has 2 aliphatic rings. The van der Waals surface area contributed by atoms with E-state index in [-0.39, 0.29) is 18.4 Å². The molecule has 1 aliphatic heterocycles. The van der Waals surface area contributed by atoms with Crippen molar-refractivity contribution in [2.24, 2.45) is 10.7 Å². The molecule has 0 saturated carbocycles. The monoisotopic (exact) mass is 319 g/mol. The summed E-state index contributed by atoms with van der Waals surface area (Å²) in [4.78, 5) is 7.00. The van der Waals surface area contributed by atoms with Crippen LogP contribution in [0.3, 0.4) is 0 Å². The van der Waals surface area contributed by atoms with Crippen molar-refractivity contribution in [1.29, 1.82) is 0 Å². The molecule has 0 amide bonds. The molecule has 1 unspecified atom stereocenters. The van der Waals surface area contributed by atoms with E-state index in [0.29, 0.717) is 0 Å². The molecule has 1 aromatic carbocycles. The molecule has 1 heterocycles. The number of hydrogen-bond acceptors (Lipinski definition) is 4. The van der Waals surface area contributed by atoms with Gasteiger partial charge in [-0.25, -0.2) is 4.99 Å². The molecular weight excluding hydrogens is 298 g/mol. The first kappa shape index (κ1) is 16.6. The number of allylic oxidation sites excluding steroid dienone is 1. The number of ether oxygens (including phenoxy) is 1. The van der Waals surface area contributed by atoms with Crippen molar-refractivity contribution in [3.8, 4) is 5.75 Å². The maximum Gasteiger partial charge on any atom is 0.155 e. The third-order valence-electron chi connectivity index (χ3n) is 3.92. The molecule has 2 N–H and O–H groups in total. The highest BCUT2D eigenvalue weighted by Crippen LogP contribution is 2.39. The van der Waals surface area contributed by atoms with Crippen molar-refractivity contribution >= 4 is 29.5 Å². The summed E-state index contributed by atoms with van der Waals surface area (Å²) in [5, 5.41) is 0. The molecule has 0 aromatic heterocycles. The van der Waals surface area contributed by atoms with E-state index in [4.69, 9.17) is 10.5 Å². The minimum absolute atomic E-state index is 0. The van der Waals surface area contributed by atoms with Crippen molar-refractivity contribution in [2.45, 2.75) is 26.8 Å². The van der Waals surface area contributed by atoms with Gasteiger partial charge in [0.05, 0.1) is 0 Å². The van der Waals surface area contributed by atoms with Gasteiger partial charge in [-0.05, 0) is 44.6 Å². The van der Waals surface area contributed by atoms with Gasteiger partial charge in [0, 0.05) is 30.9 Å². The number of anilines is 1. The first-order chi connectivity index (χ1) is 10.1. The lowest BCUT2D eigenvalue weighted by Crippen LogP contribution is -2.25. The number of aryl methyl sites for hydroxylation is 1. The number of benzene rings is 1. The SMILES string of the molecule is CCN(CC)c1cc2c(cc1C)N=C1C=CC(N)C=C1O2.Cl. The second-order valence-electron chi connectivity index (χ2n) is 5.35. The Hall–Kier alpha value is -1.78. The summed E-state index contributed by atoms with van der Waals surface area (Å²) < 4.78 is 6.01. The zero-order valence-corrected chi connectivity index (χ0v) is 14.0. The van der Waals surface area contributed by atoms with Gasteiger partial charge in [0.1, 0.15) is 11.4 Å². The van der Waals surface area contributed by atoms with E-state index < -0.39 is 0 Å². The average Bonchev–Trinajstić information content (AvgIpc) is 2.47. The molecule has 0 bridgehead atoms. The Morgan fingerprint density at radius 3 is 2.68 bits per heavy atom. The number of hydrogen-bond donors (Lipinski definition) is 1. The van der Waals surface area contributed by atoms with Crippen LogP contribution in [0.4, 0.5) is 11.4 Å². The van der Waals surface area contributed by atoms with Gasteiger partial charge in [-0.15, -0.1) is 12.4 Å². The van der Waals surface area contributed by atoms with Gasteiger partial charge in [0.15, 0.2) is 11.5 Å². The lowest BCUT2D eigenvalue weighted by Gasteiger charge is -2.27. The highest BCUT2D eigenvalue weighted by molar-refractivity contribution is 6.10. The summed E-state index contributed by atoms with van der Waals surface area (Å²) in [7, 11) is 0. The molecule has 1 aliphatic carbocycles. The summed E-state index contributed by atoms with van der Waals surface area (Å²) in [6.07, 6.45) is 5.75. The van der Waals surface area contributed by atoms with Crippen LogP contribution < -0.4 is 15.4 Å². The zero-order valence-electron chi connectivity index (χ0n) is 13.2. The van der Waals surface area contributed by atoms with Crippen LogP contribution in [-0.2, 0) is 0 Å². The predicted octanol–water partition coefficient (Wildman–Crippen LogP) is 3.51. The van der Waals surface area contributed by atoms with Crippen molar-refractivity contribution in [1.82, 2.24) is 0 Å². The van der Waals surface area contributed by atoms with Crippen LogP contribution in [0.5, 0.6) is 5.75 Å². The Balaban J connectivity index is 0.00000176. The molecule has 0 spiro atoms. The molecular formula is C17H22ClN3O. The van der Waals surface area contributed by atoms with Crippen LogP contribution in [0, 0.1) is 6.92 Å². The van der Waals surface area contributed by atoms with Gasteiger partial charge >= 0.3 is 0 Å². The normalized spacial score (nSPS) is 18.3. The fourth-order valence-electron chi connectivity index (χ4n) is 2.76. The largest absolute Gasteiger partial charge is 0.453 e. The quantitative estimate of drug-likeness (QED) is 0.927. The molecule has 22 heavy (non-hydrogen) atoms. The van der Waals surface area contributed by atoms with Crippen LogP contribution in [-0.4, -0.2) is 24.8 Å². The molecule has 5 heteroatoms. The van der Waals surface area contributed by atoms with E-state index in [0.717, 1.165) is 36.0 Å². The summed E-state index contributed by atoms with van der Waals surface area (Å²) in [5.41, 5.74) is 10.1. The lowest BCUT2D eigenvalue weighted by atomic mass is 10.1. The van der Waals surface area contributed by atoms with Crippen LogP contribution in [0.1, 0.15) is 19.4 Å². The fourth-order valence-corrected chi connectivity index (χ4v) is 2.76. The van der Waals surface area contributed by atoms with Gasteiger partial charge in [-0.3, -0.25) is 0 Å². The Morgan fingerprint density at radius 2 is 2.00 bits per heavy atom. The second kappa shape index (κ2) is 6.55. The highest BCUT2D eigenvalue weighted by atomic mass is 35.5. The van der Waals surface area contributed by atoms with Crippen LogP contribution in [0.25, 0.3) is 0 Å². The minimum atomic E-state index is -0.104. The molecule has 118 valence electrons. The average molecular weight is 320 g/mol. The highest BCUT2D eigenvalue weighted by Gasteiger charge is 2.22. The van der Waals surface area contributed by atoms with E-state index in [1.54, 1.807) is 0 Å². The summed E-state index contributed by atoms with van der Waals surface area (Å²) >= 11 is 0. The molecule has 0 saturated heterocycles. The van der Waals surface area contributed by atoms with Gasteiger partial charge < -0.3 is 15.4 Å². The third kappa shape index (κ3) is 2.89. The smallest absolute Gasteiger partial charge is 0.155 e. The maximum atomic E-state index is 6.01. The molecule has 1 aromatic rings. The van der Waals surface area contributed by atoms with Crippen LogP contribution in [0.15, 0.2) is 41.1 Å². The summed E-state index contributed by atoms with van der Waals surface area (Å²) in [6.45, 7) is 8.38. The Labute approximate surface area is 137 Å². The zero-order chi connectivity index (χ0) is 15.0. The molecule has 3 rings (SSSR count). The summed E-state index contributed by atoms with van der Waals surface area (Å²) in [5.74, 6) is 1.56. The molecule has 1 atom stereocenters. The number of rotatable bonds is 3. The van der Waals surface area contributed by atoms with E-state index in [1.165, 1.54) is 11.3 Å². The Kier molecular flexibility index (Phi) is 4.94. The standard InChI is InChI=1S/C17H21N3O.ClH/c1-4-20(5-2)15-10-17-14(8-11(15)3)19-13-7-6-12(18)9-16(13)21-17;/h6-10,12H,4-5,18H2,1-3H3;1H. The van der Waals surface area contributed by atoms with Crippen LogP contribution >= 0.6 is 12.4 Å². The third-order valence-corrected chi connectivity index (χ3v) is 3.92. The summed E-state index contributed by atoms with van der Waals surface area (Å²) in [6, 6.07) is 4.07. The predicted molar refractivity (Wildman–Crippen MR) is 94.9 cm³/mol. The van der Waals surface area contributed by atoms with E-state index in [2.05, 4.69) is 42.8 Å². The maximum absolute atomic E-state index is 6.01. The molecule has 0 fully saturated rings. The van der Waals surface area contributed by atoms with Crippen LogP contribution in [0.2, 0.25) is 0 Å². The molecule has 0 radical (unpaired) electrons. The topological polar surface area (TPSA) is 50.8 Å². The van der Waals surface area contributed by atoms with Gasteiger partial charge in [-0.2, -0.15) is 0 Å². The fraction of sp³-hybridized carbons (Fsp3) is 0.353. The van der Waals surface area contributed by atoms with Crippen molar-refractivity contribution in [2.75, 3.05) is 18.0 Å².